The normalized spacial score (nSPS) is 10.9. The lowest BCUT2D eigenvalue weighted by Gasteiger charge is -2.26. The fourth-order valence-corrected chi connectivity index (χ4v) is 1.70. The van der Waals surface area contributed by atoms with Crippen LogP contribution in [0.1, 0.15) is 46.5 Å². The van der Waals surface area contributed by atoms with Crippen LogP contribution in [0, 0.1) is 5.41 Å². The van der Waals surface area contributed by atoms with Crippen LogP contribution in [0.15, 0.2) is 0 Å². The standard InChI is InChI=1S/C13H24N2O4/c1-4-7-10(16)14-8-11(17)15-9-13(5-2,6-3)12(18)19/h4-9H2,1-3H3,(H,14,16)(H,15,17)(H,18,19). The summed E-state index contributed by atoms with van der Waals surface area (Å²) >= 11 is 0. The Kier molecular flexibility index (Phi) is 7.79. The first kappa shape index (κ1) is 17.4. The van der Waals surface area contributed by atoms with Crippen LogP contribution in [0.5, 0.6) is 0 Å². The number of hydrogen-bond donors (Lipinski definition) is 3. The van der Waals surface area contributed by atoms with Gasteiger partial charge in [0.15, 0.2) is 0 Å². The van der Waals surface area contributed by atoms with E-state index in [9.17, 15) is 19.5 Å². The zero-order valence-electron chi connectivity index (χ0n) is 11.9. The van der Waals surface area contributed by atoms with Crippen molar-refractivity contribution in [2.75, 3.05) is 13.1 Å². The Balaban J connectivity index is 4.20. The second kappa shape index (κ2) is 8.50. The minimum absolute atomic E-state index is 0.0812. The summed E-state index contributed by atoms with van der Waals surface area (Å²) in [6, 6.07) is 0. The average Bonchev–Trinajstić information content (AvgIpc) is 2.38. The average molecular weight is 272 g/mol. The highest BCUT2D eigenvalue weighted by Gasteiger charge is 2.35. The summed E-state index contributed by atoms with van der Waals surface area (Å²) in [5.74, 6) is -1.45. The van der Waals surface area contributed by atoms with Gasteiger partial charge in [0.05, 0.1) is 12.0 Å². The van der Waals surface area contributed by atoms with E-state index in [1.807, 2.05) is 6.92 Å². The Morgan fingerprint density at radius 2 is 1.58 bits per heavy atom. The molecular formula is C13H24N2O4. The molecule has 0 unspecified atom stereocenters. The monoisotopic (exact) mass is 272 g/mol. The summed E-state index contributed by atoms with van der Waals surface area (Å²) in [5.41, 5.74) is -0.927. The van der Waals surface area contributed by atoms with E-state index >= 15 is 0 Å². The summed E-state index contributed by atoms with van der Waals surface area (Å²) in [4.78, 5) is 33.9. The molecule has 0 aromatic rings. The van der Waals surface area contributed by atoms with Gasteiger partial charge in [0.25, 0.3) is 0 Å². The number of nitrogens with one attached hydrogen (secondary N) is 2. The fourth-order valence-electron chi connectivity index (χ4n) is 1.70. The molecule has 0 saturated carbocycles. The molecule has 0 aromatic heterocycles. The largest absolute Gasteiger partial charge is 0.481 e. The smallest absolute Gasteiger partial charge is 0.311 e. The molecule has 0 aromatic carbocycles. The lowest BCUT2D eigenvalue weighted by molar-refractivity contribution is -0.149. The van der Waals surface area contributed by atoms with Crippen LogP contribution in [-0.2, 0) is 14.4 Å². The van der Waals surface area contributed by atoms with Gasteiger partial charge in [-0.2, -0.15) is 0 Å². The number of carboxylic acid groups (broad SMARTS) is 1. The number of amides is 2. The van der Waals surface area contributed by atoms with E-state index < -0.39 is 11.4 Å². The van der Waals surface area contributed by atoms with Gasteiger partial charge in [-0.15, -0.1) is 0 Å². The van der Waals surface area contributed by atoms with Crippen molar-refractivity contribution in [3.63, 3.8) is 0 Å². The van der Waals surface area contributed by atoms with E-state index in [-0.39, 0.29) is 24.9 Å². The Labute approximate surface area is 113 Å². The van der Waals surface area contributed by atoms with E-state index in [0.29, 0.717) is 19.3 Å². The van der Waals surface area contributed by atoms with E-state index in [1.165, 1.54) is 0 Å². The fraction of sp³-hybridized carbons (Fsp3) is 0.769. The minimum Gasteiger partial charge on any atom is -0.481 e. The number of carbonyl (C=O) groups is 3. The molecule has 0 fully saturated rings. The Bertz CT molecular complexity index is 325. The van der Waals surface area contributed by atoms with Gasteiger partial charge >= 0.3 is 5.97 Å². The van der Waals surface area contributed by atoms with Crippen molar-refractivity contribution in [2.24, 2.45) is 5.41 Å². The van der Waals surface area contributed by atoms with Crippen LogP contribution in [0.25, 0.3) is 0 Å². The maximum Gasteiger partial charge on any atom is 0.311 e. The zero-order chi connectivity index (χ0) is 14.9. The predicted octanol–water partition coefficient (Wildman–Crippen LogP) is 0.910. The highest BCUT2D eigenvalue weighted by molar-refractivity contribution is 5.85. The number of rotatable bonds is 9. The van der Waals surface area contributed by atoms with Gasteiger partial charge in [-0.05, 0) is 19.3 Å². The third kappa shape index (κ3) is 5.72. The Morgan fingerprint density at radius 3 is 2.00 bits per heavy atom. The van der Waals surface area contributed by atoms with E-state index in [4.69, 9.17) is 0 Å². The number of carboxylic acids is 1. The van der Waals surface area contributed by atoms with Crippen LogP contribution in [0.2, 0.25) is 0 Å². The molecule has 19 heavy (non-hydrogen) atoms. The van der Waals surface area contributed by atoms with E-state index in [1.54, 1.807) is 13.8 Å². The van der Waals surface area contributed by atoms with Crippen LogP contribution < -0.4 is 10.6 Å². The molecule has 0 bridgehead atoms. The first-order valence-corrected chi connectivity index (χ1v) is 6.68. The third-order valence-corrected chi connectivity index (χ3v) is 3.35. The molecular weight excluding hydrogens is 248 g/mol. The highest BCUT2D eigenvalue weighted by Crippen LogP contribution is 2.25. The molecule has 6 heteroatoms. The molecule has 6 nitrogen and oxygen atoms in total. The molecule has 2 amide bonds. The van der Waals surface area contributed by atoms with Crippen molar-refractivity contribution in [3.05, 3.63) is 0 Å². The topological polar surface area (TPSA) is 95.5 Å². The van der Waals surface area contributed by atoms with Crippen molar-refractivity contribution < 1.29 is 19.5 Å². The first-order valence-electron chi connectivity index (χ1n) is 6.68. The third-order valence-electron chi connectivity index (χ3n) is 3.35. The van der Waals surface area contributed by atoms with Gasteiger partial charge in [-0.1, -0.05) is 20.8 Å². The molecule has 0 saturated heterocycles. The number of aliphatic carboxylic acids is 1. The number of hydrogen-bond acceptors (Lipinski definition) is 3. The second-order valence-corrected chi connectivity index (χ2v) is 4.60. The molecule has 3 N–H and O–H groups in total. The van der Waals surface area contributed by atoms with Gasteiger partial charge in [0.2, 0.25) is 11.8 Å². The molecule has 0 atom stereocenters. The highest BCUT2D eigenvalue weighted by atomic mass is 16.4. The second-order valence-electron chi connectivity index (χ2n) is 4.60. The SMILES string of the molecule is CCCC(=O)NCC(=O)NCC(CC)(CC)C(=O)O. The van der Waals surface area contributed by atoms with Crippen LogP contribution in [0.3, 0.4) is 0 Å². The van der Waals surface area contributed by atoms with Gasteiger partial charge < -0.3 is 15.7 Å². The van der Waals surface area contributed by atoms with Crippen molar-refractivity contribution in [1.82, 2.24) is 10.6 Å². The zero-order valence-corrected chi connectivity index (χ0v) is 11.9. The Morgan fingerprint density at radius 1 is 1.00 bits per heavy atom. The summed E-state index contributed by atoms with van der Waals surface area (Å²) in [7, 11) is 0. The van der Waals surface area contributed by atoms with Crippen LogP contribution in [0.4, 0.5) is 0 Å². The predicted molar refractivity (Wildman–Crippen MR) is 71.6 cm³/mol. The lowest BCUT2D eigenvalue weighted by Crippen LogP contribution is -2.45. The van der Waals surface area contributed by atoms with Gasteiger partial charge in [-0.25, -0.2) is 0 Å². The molecule has 0 spiro atoms. The molecule has 0 aliphatic rings. The summed E-state index contributed by atoms with van der Waals surface area (Å²) in [6.45, 7) is 5.42. The van der Waals surface area contributed by atoms with E-state index in [2.05, 4.69) is 10.6 Å². The summed E-state index contributed by atoms with van der Waals surface area (Å²) in [6.07, 6.45) is 2.00. The molecule has 0 aliphatic carbocycles. The molecule has 110 valence electrons. The quantitative estimate of drug-likeness (QED) is 0.581. The van der Waals surface area contributed by atoms with Crippen molar-refractivity contribution in [1.29, 1.82) is 0 Å². The lowest BCUT2D eigenvalue weighted by atomic mass is 9.82. The van der Waals surface area contributed by atoms with Gasteiger partial charge in [0, 0.05) is 13.0 Å². The first-order chi connectivity index (χ1) is 8.91. The van der Waals surface area contributed by atoms with Gasteiger partial charge in [0.1, 0.15) is 0 Å². The maximum absolute atomic E-state index is 11.5. The molecule has 0 rings (SSSR count). The maximum atomic E-state index is 11.5. The van der Waals surface area contributed by atoms with Gasteiger partial charge in [-0.3, -0.25) is 14.4 Å². The molecule has 0 radical (unpaired) electrons. The summed E-state index contributed by atoms with van der Waals surface area (Å²) in [5, 5.41) is 14.3. The minimum atomic E-state index is -0.927. The summed E-state index contributed by atoms with van der Waals surface area (Å²) < 4.78 is 0. The van der Waals surface area contributed by atoms with Crippen LogP contribution >= 0.6 is 0 Å². The van der Waals surface area contributed by atoms with Crippen molar-refractivity contribution in [2.45, 2.75) is 46.5 Å². The van der Waals surface area contributed by atoms with E-state index in [0.717, 1.165) is 6.42 Å². The van der Waals surface area contributed by atoms with Crippen molar-refractivity contribution >= 4 is 17.8 Å². The van der Waals surface area contributed by atoms with Crippen molar-refractivity contribution in [3.8, 4) is 0 Å². The van der Waals surface area contributed by atoms with Crippen LogP contribution in [-0.4, -0.2) is 36.0 Å². The Hall–Kier alpha value is -1.59. The number of carbonyl (C=O) groups excluding carboxylic acids is 2. The molecule has 0 aliphatic heterocycles. The molecule has 0 heterocycles.